The summed E-state index contributed by atoms with van der Waals surface area (Å²) in [7, 11) is 0. The summed E-state index contributed by atoms with van der Waals surface area (Å²) in [4.78, 5) is 24.4. The number of nitrogens with one attached hydrogen (secondary N) is 1. The molecule has 6 nitrogen and oxygen atoms in total. The second kappa shape index (κ2) is 48.3. The lowest BCUT2D eigenvalue weighted by molar-refractivity contribution is -0.143. The summed E-state index contributed by atoms with van der Waals surface area (Å²) < 4.78 is 5.44. The molecule has 0 aliphatic carbocycles. The number of amides is 1. The second-order valence-electron chi connectivity index (χ2n) is 17.9. The van der Waals surface area contributed by atoms with E-state index in [9.17, 15) is 19.8 Å². The SMILES string of the molecule is CCCCCCCCCCCCCCCCCCC(O)C(CO)NC(=O)CCCCC/C=C\CCCCCCCCOC(=O)CCCCCCCCCCCCCC. The fourth-order valence-electron chi connectivity index (χ4n) is 8.05. The first-order valence-electron chi connectivity index (χ1n) is 25.9. The minimum atomic E-state index is -0.680. The summed E-state index contributed by atoms with van der Waals surface area (Å²) in [6.07, 6.45) is 54.6. The van der Waals surface area contributed by atoms with Gasteiger partial charge in [0.05, 0.1) is 25.4 Å². The molecule has 0 aliphatic rings. The van der Waals surface area contributed by atoms with E-state index in [2.05, 4.69) is 31.3 Å². The zero-order valence-corrected chi connectivity index (χ0v) is 39.0. The molecule has 0 rings (SSSR count). The smallest absolute Gasteiger partial charge is 0.305 e. The largest absolute Gasteiger partial charge is 0.466 e. The van der Waals surface area contributed by atoms with Crippen molar-refractivity contribution < 1.29 is 24.5 Å². The van der Waals surface area contributed by atoms with Crippen LogP contribution in [0.3, 0.4) is 0 Å². The number of carbonyl (C=O) groups is 2. The predicted molar refractivity (Wildman–Crippen MR) is 250 cm³/mol. The van der Waals surface area contributed by atoms with E-state index in [1.807, 2.05) is 0 Å². The van der Waals surface area contributed by atoms with Crippen LogP contribution in [0.15, 0.2) is 12.2 Å². The molecule has 1 amide bonds. The van der Waals surface area contributed by atoms with Crippen molar-refractivity contribution in [3.63, 3.8) is 0 Å². The maximum Gasteiger partial charge on any atom is 0.305 e. The van der Waals surface area contributed by atoms with Gasteiger partial charge in [0.2, 0.25) is 5.91 Å². The summed E-state index contributed by atoms with van der Waals surface area (Å²) in [5.41, 5.74) is 0. The number of ether oxygens (including phenoxy) is 1. The van der Waals surface area contributed by atoms with Gasteiger partial charge in [-0.3, -0.25) is 9.59 Å². The normalized spacial score (nSPS) is 12.7. The van der Waals surface area contributed by atoms with Crippen LogP contribution in [0.1, 0.15) is 284 Å². The van der Waals surface area contributed by atoms with Crippen LogP contribution in [0.5, 0.6) is 0 Å². The van der Waals surface area contributed by atoms with E-state index >= 15 is 0 Å². The Bertz CT molecular complexity index is 863. The Hall–Kier alpha value is -1.40. The quantitative estimate of drug-likeness (QED) is 0.0323. The summed E-state index contributed by atoms with van der Waals surface area (Å²) in [5, 5.41) is 23.2. The maximum absolute atomic E-state index is 12.4. The van der Waals surface area contributed by atoms with E-state index in [0.29, 0.717) is 25.9 Å². The third kappa shape index (κ3) is 44.2. The standard InChI is InChI=1S/C52H101NO5/c1-3-5-7-9-11-13-15-17-18-19-21-24-28-32-36-40-44-50(55)49(48-54)53-51(56)45-41-37-33-29-25-22-20-23-27-31-35-39-43-47-58-52(57)46-42-38-34-30-26-16-14-12-10-8-6-4-2/h22,25,49-50,54-55H,3-21,23-24,26-48H2,1-2H3,(H,53,56)/b25-22-. The van der Waals surface area contributed by atoms with Crippen LogP contribution >= 0.6 is 0 Å². The molecule has 6 heteroatoms. The lowest BCUT2D eigenvalue weighted by Gasteiger charge is -2.22. The molecule has 58 heavy (non-hydrogen) atoms. The van der Waals surface area contributed by atoms with Gasteiger partial charge in [-0.1, -0.05) is 231 Å². The molecule has 0 radical (unpaired) electrons. The Morgan fingerprint density at radius 1 is 0.466 bits per heavy atom. The van der Waals surface area contributed by atoms with Gasteiger partial charge in [0.25, 0.3) is 0 Å². The van der Waals surface area contributed by atoms with Crippen molar-refractivity contribution in [1.82, 2.24) is 5.32 Å². The van der Waals surface area contributed by atoms with Gasteiger partial charge in [0, 0.05) is 12.8 Å². The van der Waals surface area contributed by atoms with E-state index in [0.717, 1.165) is 70.6 Å². The molecule has 0 heterocycles. The molecule has 0 aromatic heterocycles. The zero-order valence-electron chi connectivity index (χ0n) is 39.0. The number of aliphatic hydroxyl groups excluding tert-OH is 2. The third-order valence-electron chi connectivity index (χ3n) is 12.1. The summed E-state index contributed by atoms with van der Waals surface area (Å²) in [5.74, 6) is -0.0749. The van der Waals surface area contributed by atoms with Crippen molar-refractivity contribution in [3.05, 3.63) is 12.2 Å². The van der Waals surface area contributed by atoms with Crippen molar-refractivity contribution in [1.29, 1.82) is 0 Å². The van der Waals surface area contributed by atoms with Crippen LogP contribution in [-0.4, -0.2) is 47.4 Å². The van der Waals surface area contributed by atoms with Gasteiger partial charge in [-0.05, 0) is 51.4 Å². The van der Waals surface area contributed by atoms with Gasteiger partial charge in [0.15, 0.2) is 0 Å². The van der Waals surface area contributed by atoms with E-state index < -0.39 is 12.1 Å². The molecule has 0 bridgehead atoms. The number of carbonyl (C=O) groups excluding carboxylic acids is 2. The number of hydrogen-bond acceptors (Lipinski definition) is 5. The molecule has 0 fully saturated rings. The van der Waals surface area contributed by atoms with Gasteiger partial charge in [-0.25, -0.2) is 0 Å². The van der Waals surface area contributed by atoms with E-state index in [1.165, 1.54) is 180 Å². The van der Waals surface area contributed by atoms with Crippen LogP contribution in [-0.2, 0) is 14.3 Å². The minimum absolute atomic E-state index is 0.0116. The van der Waals surface area contributed by atoms with Crippen LogP contribution in [0.25, 0.3) is 0 Å². The number of rotatable bonds is 48. The predicted octanol–water partition coefficient (Wildman–Crippen LogP) is 15.3. The number of hydrogen-bond donors (Lipinski definition) is 3. The Morgan fingerprint density at radius 3 is 1.24 bits per heavy atom. The molecule has 2 unspecified atom stereocenters. The molecular weight excluding hydrogens is 719 g/mol. The molecule has 0 saturated heterocycles. The van der Waals surface area contributed by atoms with Crippen LogP contribution < -0.4 is 5.32 Å². The average molecular weight is 820 g/mol. The fourth-order valence-corrected chi connectivity index (χ4v) is 8.05. The first kappa shape index (κ1) is 56.6. The Balaban J connectivity index is 3.50. The molecule has 0 saturated carbocycles. The molecule has 0 aliphatic heterocycles. The van der Waals surface area contributed by atoms with E-state index in [4.69, 9.17) is 4.74 Å². The highest BCUT2D eigenvalue weighted by Crippen LogP contribution is 2.16. The van der Waals surface area contributed by atoms with Crippen LogP contribution in [0, 0.1) is 0 Å². The molecule has 344 valence electrons. The lowest BCUT2D eigenvalue weighted by Crippen LogP contribution is -2.45. The molecule has 0 aromatic rings. The van der Waals surface area contributed by atoms with Crippen molar-refractivity contribution in [3.8, 4) is 0 Å². The van der Waals surface area contributed by atoms with Gasteiger partial charge in [-0.15, -0.1) is 0 Å². The van der Waals surface area contributed by atoms with Gasteiger partial charge in [0.1, 0.15) is 0 Å². The molecule has 2 atom stereocenters. The van der Waals surface area contributed by atoms with Gasteiger partial charge < -0.3 is 20.3 Å². The van der Waals surface area contributed by atoms with Gasteiger partial charge in [-0.2, -0.15) is 0 Å². The van der Waals surface area contributed by atoms with Crippen molar-refractivity contribution in [2.75, 3.05) is 13.2 Å². The topological polar surface area (TPSA) is 95.9 Å². The summed E-state index contributed by atoms with van der Waals surface area (Å²) in [6.45, 7) is 4.92. The first-order valence-corrected chi connectivity index (χ1v) is 25.9. The summed E-state index contributed by atoms with van der Waals surface area (Å²) in [6, 6.07) is -0.560. The van der Waals surface area contributed by atoms with Crippen molar-refractivity contribution in [2.24, 2.45) is 0 Å². The number of aliphatic hydroxyl groups is 2. The highest BCUT2D eigenvalue weighted by atomic mass is 16.5. The highest BCUT2D eigenvalue weighted by molar-refractivity contribution is 5.76. The molecule has 0 spiro atoms. The third-order valence-corrected chi connectivity index (χ3v) is 12.1. The lowest BCUT2D eigenvalue weighted by atomic mass is 10.0. The molecule has 0 aromatic carbocycles. The Morgan fingerprint density at radius 2 is 0.810 bits per heavy atom. The molecule has 3 N–H and O–H groups in total. The maximum atomic E-state index is 12.4. The van der Waals surface area contributed by atoms with E-state index in [-0.39, 0.29) is 18.5 Å². The molecular formula is C52H101NO5. The average Bonchev–Trinajstić information content (AvgIpc) is 3.22. The first-order chi connectivity index (χ1) is 28.5. The van der Waals surface area contributed by atoms with Crippen LogP contribution in [0.2, 0.25) is 0 Å². The number of esters is 1. The fraction of sp³-hybridized carbons (Fsp3) is 0.923. The Labute approximate surface area is 361 Å². The van der Waals surface area contributed by atoms with Crippen molar-refractivity contribution in [2.45, 2.75) is 296 Å². The number of allylic oxidation sites excluding steroid dienone is 2. The second-order valence-corrected chi connectivity index (χ2v) is 17.9. The number of unbranched alkanes of at least 4 members (excludes halogenated alkanes) is 35. The van der Waals surface area contributed by atoms with Crippen molar-refractivity contribution >= 4 is 11.9 Å². The van der Waals surface area contributed by atoms with Crippen LogP contribution in [0.4, 0.5) is 0 Å². The monoisotopic (exact) mass is 820 g/mol. The zero-order chi connectivity index (χ0) is 42.3. The van der Waals surface area contributed by atoms with Gasteiger partial charge >= 0.3 is 5.97 Å². The minimum Gasteiger partial charge on any atom is -0.466 e. The Kier molecular flexibility index (Phi) is 47.1. The van der Waals surface area contributed by atoms with E-state index in [1.54, 1.807) is 0 Å². The summed E-state index contributed by atoms with van der Waals surface area (Å²) >= 11 is 0. The highest BCUT2D eigenvalue weighted by Gasteiger charge is 2.20.